The number of amides is 1. The van der Waals surface area contributed by atoms with Crippen molar-refractivity contribution in [2.75, 3.05) is 5.32 Å². The summed E-state index contributed by atoms with van der Waals surface area (Å²) in [5.41, 5.74) is 1.89. The smallest absolute Gasteiger partial charge is 0.255 e. The summed E-state index contributed by atoms with van der Waals surface area (Å²) < 4.78 is 0. The van der Waals surface area contributed by atoms with Crippen LogP contribution in [-0.4, -0.2) is 25.8 Å². The molecule has 6 nitrogen and oxygen atoms in total. The first-order valence-corrected chi connectivity index (χ1v) is 6.59. The highest BCUT2D eigenvalue weighted by Gasteiger charge is 2.13. The third kappa shape index (κ3) is 2.76. The molecule has 3 aromatic rings. The van der Waals surface area contributed by atoms with E-state index in [0.29, 0.717) is 16.6 Å². The number of nitrogens with zero attached hydrogens (tertiary/aromatic N) is 4. The Labute approximate surface area is 129 Å². The standard InChI is InChI=1S/C13H7Cl2N5O/c14-11-10(12(15)19-6-18-11)20-13(21)7-1-2-8-9(5-7)17-4-3-16-8/h1-6H,(H,20,21). The molecule has 104 valence electrons. The van der Waals surface area contributed by atoms with E-state index in [-0.39, 0.29) is 21.9 Å². The molecule has 0 bridgehead atoms. The molecule has 0 fully saturated rings. The van der Waals surface area contributed by atoms with E-state index in [9.17, 15) is 4.79 Å². The maximum atomic E-state index is 12.2. The van der Waals surface area contributed by atoms with E-state index < -0.39 is 0 Å². The van der Waals surface area contributed by atoms with Crippen molar-refractivity contribution in [1.82, 2.24) is 19.9 Å². The van der Waals surface area contributed by atoms with Gasteiger partial charge in [0, 0.05) is 18.0 Å². The highest BCUT2D eigenvalue weighted by molar-refractivity contribution is 6.38. The van der Waals surface area contributed by atoms with Crippen molar-refractivity contribution in [2.45, 2.75) is 0 Å². The molecule has 2 heterocycles. The van der Waals surface area contributed by atoms with Gasteiger partial charge in [-0.2, -0.15) is 0 Å². The molecule has 0 spiro atoms. The van der Waals surface area contributed by atoms with Crippen LogP contribution in [0.3, 0.4) is 0 Å². The van der Waals surface area contributed by atoms with Crippen LogP contribution in [0.15, 0.2) is 36.9 Å². The zero-order valence-corrected chi connectivity index (χ0v) is 11.9. The van der Waals surface area contributed by atoms with E-state index >= 15 is 0 Å². The normalized spacial score (nSPS) is 10.6. The number of hydrogen-bond acceptors (Lipinski definition) is 5. The number of aromatic nitrogens is 4. The topological polar surface area (TPSA) is 80.7 Å². The van der Waals surface area contributed by atoms with Gasteiger partial charge in [-0.3, -0.25) is 14.8 Å². The number of carbonyl (C=O) groups excluding carboxylic acids is 1. The van der Waals surface area contributed by atoms with Crippen molar-refractivity contribution in [1.29, 1.82) is 0 Å². The van der Waals surface area contributed by atoms with Gasteiger partial charge in [0.15, 0.2) is 10.3 Å². The molecule has 0 saturated heterocycles. The lowest BCUT2D eigenvalue weighted by Crippen LogP contribution is -2.13. The van der Waals surface area contributed by atoms with Gasteiger partial charge in [0.05, 0.1) is 11.0 Å². The maximum absolute atomic E-state index is 12.2. The Bertz CT molecular complexity index is 819. The molecule has 21 heavy (non-hydrogen) atoms. The summed E-state index contributed by atoms with van der Waals surface area (Å²) in [5, 5.41) is 2.73. The summed E-state index contributed by atoms with van der Waals surface area (Å²) >= 11 is 11.8. The fourth-order valence-electron chi connectivity index (χ4n) is 1.74. The Kier molecular flexibility index (Phi) is 3.64. The predicted octanol–water partition coefficient (Wildman–Crippen LogP) is 2.98. The van der Waals surface area contributed by atoms with Crippen molar-refractivity contribution in [2.24, 2.45) is 0 Å². The number of hydrogen-bond donors (Lipinski definition) is 1. The van der Waals surface area contributed by atoms with E-state index in [1.54, 1.807) is 30.6 Å². The van der Waals surface area contributed by atoms with Gasteiger partial charge in [-0.25, -0.2) is 9.97 Å². The third-order valence-electron chi connectivity index (χ3n) is 2.72. The number of fused-ring (bicyclic) bond motifs is 1. The lowest BCUT2D eigenvalue weighted by molar-refractivity contribution is 0.102. The molecule has 0 aliphatic rings. The summed E-state index contributed by atoms with van der Waals surface area (Å²) in [5.74, 6) is -0.388. The van der Waals surface area contributed by atoms with Crippen molar-refractivity contribution in [3.63, 3.8) is 0 Å². The second-order valence-electron chi connectivity index (χ2n) is 4.04. The minimum Gasteiger partial charge on any atom is -0.317 e. The summed E-state index contributed by atoms with van der Waals surface area (Å²) in [6, 6.07) is 4.98. The number of halogens is 2. The zero-order chi connectivity index (χ0) is 14.8. The lowest BCUT2D eigenvalue weighted by atomic mass is 10.2. The van der Waals surface area contributed by atoms with Crippen LogP contribution in [0, 0.1) is 0 Å². The van der Waals surface area contributed by atoms with Gasteiger partial charge in [0.2, 0.25) is 0 Å². The molecule has 3 rings (SSSR count). The quantitative estimate of drug-likeness (QED) is 0.734. The number of rotatable bonds is 2. The molecule has 8 heteroatoms. The molecule has 0 saturated carbocycles. The van der Waals surface area contributed by atoms with Gasteiger partial charge in [0.25, 0.3) is 5.91 Å². The van der Waals surface area contributed by atoms with E-state index in [2.05, 4.69) is 25.3 Å². The average Bonchev–Trinajstić information content (AvgIpc) is 2.50. The monoisotopic (exact) mass is 319 g/mol. The van der Waals surface area contributed by atoms with Crippen LogP contribution in [0.5, 0.6) is 0 Å². The summed E-state index contributed by atoms with van der Waals surface area (Å²) in [4.78, 5) is 28.1. The Morgan fingerprint density at radius 2 is 1.62 bits per heavy atom. The highest BCUT2D eigenvalue weighted by atomic mass is 35.5. The van der Waals surface area contributed by atoms with E-state index in [4.69, 9.17) is 23.2 Å². The molecule has 1 amide bonds. The largest absolute Gasteiger partial charge is 0.317 e. The Morgan fingerprint density at radius 3 is 2.33 bits per heavy atom. The number of benzene rings is 1. The van der Waals surface area contributed by atoms with Crippen LogP contribution in [-0.2, 0) is 0 Å². The van der Waals surface area contributed by atoms with Crippen LogP contribution in [0.25, 0.3) is 11.0 Å². The molecule has 0 radical (unpaired) electrons. The lowest BCUT2D eigenvalue weighted by Gasteiger charge is -2.08. The van der Waals surface area contributed by atoms with Crippen molar-refractivity contribution >= 4 is 45.8 Å². The predicted molar refractivity (Wildman–Crippen MR) is 79.5 cm³/mol. The molecule has 2 aromatic heterocycles. The third-order valence-corrected chi connectivity index (χ3v) is 3.30. The molecule has 0 unspecified atom stereocenters. The van der Waals surface area contributed by atoms with Crippen LogP contribution in [0.1, 0.15) is 10.4 Å². The van der Waals surface area contributed by atoms with Crippen LogP contribution in [0.4, 0.5) is 5.69 Å². The molecule has 0 aliphatic heterocycles. The molecular weight excluding hydrogens is 313 g/mol. The number of anilines is 1. The van der Waals surface area contributed by atoms with Gasteiger partial charge in [-0.05, 0) is 18.2 Å². The maximum Gasteiger partial charge on any atom is 0.255 e. The molecule has 1 aromatic carbocycles. The fraction of sp³-hybridized carbons (Fsp3) is 0. The Balaban J connectivity index is 1.94. The molecular formula is C13H7Cl2N5O. The second kappa shape index (κ2) is 5.59. The molecule has 0 atom stereocenters. The van der Waals surface area contributed by atoms with Crippen LogP contribution >= 0.6 is 23.2 Å². The van der Waals surface area contributed by atoms with Gasteiger partial charge >= 0.3 is 0 Å². The first-order chi connectivity index (χ1) is 10.1. The fourth-order valence-corrected chi connectivity index (χ4v) is 2.15. The van der Waals surface area contributed by atoms with Crippen molar-refractivity contribution in [3.8, 4) is 0 Å². The molecule has 1 N–H and O–H groups in total. The minimum atomic E-state index is -0.388. The number of nitrogens with one attached hydrogen (secondary N) is 1. The molecule has 0 aliphatic carbocycles. The first kappa shape index (κ1) is 13.7. The van der Waals surface area contributed by atoms with Crippen LogP contribution in [0.2, 0.25) is 10.3 Å². The van der Waals surface area contributed by atoms with Gasteiger partial charge in [-0.15, -0.1) is 0 Å². The Morgan fingerprint density at radius 1 is 0.952 bits per heavy atom. The van der Waals surface area contributed by atoms with Gasteiger partial charge in [0.1, 0.15) is 12.0 Å². The Hall–Kier alpha value is -2.31. The van der Waals surface area contributed by atoms with Gasteiger partial charge in [-0.1, -0.05) is 23.2 Å². The number of carbonyl (C=O) groups is 1. The second-order valence-corrected chi connectivity index (χ2v) is 4.76. The van der Waals surface area contributed by atoms with Crippen LogP contribution < -0.4 is 5.32 Å². The van der Waals surface area contributed by atoms with E-state index in [1.165, 1.54) is 6.33 Å². The SMILES string of the molecule is O=C(Nc1c(Cl)ncnc1Cl)c1ccc2nccnc2c1. The highest BCUT2D eigenvalue weighted by Crippen LogP contribution is 2.26. The summed E-state index contributed by atoms with van der Waals surface area (Å²) in [6.45, 7) is 0. The van der Waals surface area contributed by atoms with Gasteiger partial charge < -0.3 is 5.32 Å². The average molecular weight is 320 g/mol. The summed E-state index contributed by atoms with van der Waals surface area (Å²) in [7, 11) is 0. The van der Waals surface area contributed by atoms with E-state index in [1.807, 2.05) is 0 Å². The van der Waals surface area contributed by atoms with Crippen molar-refractivity contribution < 1.29 is 4.79 Å². The van der Waals surface area contributed by atoms with Crippen molar-refractivity contribution in [3.05, 3.63) is 52.8 Å². The summed E-state index contributed by atoms with van der Waals surface area (Å²) in [6.07, 6.45) is 4.36. The minimum absolute atomic E-state index is 0.0731. The first-order valence-electron chi connectivity index (χ1n) is 5.83. The zero-order valence-electron chi connectivity index (χ0n) is 10.4. The van der Waals surface area contributed by atoms with E-state index in [0.717, 1.165) is 0 Å².